The van der Waals surface area contributed by atoms with Crippen molar-refractivity contribution in [1.82, 2.24) is 9.80 Å². The fraction of sp³-hybridized carbons (Fsp3) is 0.571. The summed E-state index contributed by atoms with van der Waals surface area (Å²) in [6.45, 7) is 4.96. The van der Waals surface area contributed by atoms with E-state index in [9.17, 15) is 10.1 Å². The number of anilines is 1. The second-order valence-corrected chi connectivity index (χ2v) is 5.96. The Balaban J connectivity index is 2.10. The predicted molar refractivity (Wildman–Crippen MR) is 82.8 cm³/mol. The van der Waals surface area contributed by atoms with Crippen LogP contribution in [0.4, 0.5) is 11.4 Å². The number of nitrogens with two attached hydrogens (primary N) is 1. The summed E-state index contributed by atoms with van der Waals surface area (Å²) >= 11 is 0. The molecule has 7 nitrogen and oxygen atoms in total. The number of nitrogens with one attached hydrogen (secondary N) is 1. The van der Waals surface area contributed by atoms with Crippen LogP contribution in [0.2, 0.25) is 0 Å². The maximum Gasteiger partial charge on any atom is 0.293 e. The van der Waals surface area contributed by atoms with Crippen LogP contribution in [0.1, 0.15) is 12.5 Å². The van der Waals surface area contributed by atoms with E-state index in [4.69, 9.17) is 5.84 Å². The highest BCUT2D eigenvalue weighted by atomic mass is 16.6. The van der Waals surface area contributed by atoms with Crippen LogP contribution in [-0.2, 0) is 6.54 Å². The number of hydrogen-bond acceptors (Lipinski definition) is 6. The van der Waals surface area contributed by atoms with E-state index in [2.05, 4.69) is 36.2 Å². The Hall–Kier alpha value is -1.70. The molecule has 1 fully saturated rings. The lowest BCUT2D eigenvalue weighted by molar-refractivity contribution is -0.384. The van der Waals surface area contributed by atoms with Gasteiger partial charge in [0, 0.05) is 31.7 Å². The lowest BCUT2D eigenvalue weighted by atomic mass is 10.1. The molecule has 7 heteroatoms. The van der Waals surface area contributed by atoms with Gasteiger partial charge in [-0.2, -0.15) is 0 Å². The van der Waals surface area contributed by atoms with Gasteiger partial charge in [-0.15, -0.1) is 0 Å². The number of nitrogen functional groups attached to an aromatic ring is 1. The number of likely N-dealkylation sites (tertiary alicyclic amines) is 1. The maximum absolute atomic E-state index is 11.1. The van der Waals surface area contributed by atoms with Gasteiger partial charge in [0.05, 0.1) is 4.92 Å². The topological polar surface area (TPSA) is 87.7 Å². The highest BCUT2D eigenvalue weighted by Gasteiger charge is 2.31. The van der Waals surface area contributed by atoms with Gasteiger partial charge in [0.25, 0.3) is 5.69 Å². The molecular formula is C14H23N5O2. The van der Waals surface area contributed by atoms with E-state index in [1.807, 2.05) is 6.07 Å². The van der Waals surface area contributed by atoms with E-state index < -0.39 is 4.92 Å². The number of hydrazine groups is 1. The Morgan fingerprint density at radius 3 is 2.71 bits per heavy atom. The van der Waals surface area contributed by atoms with Crippen LogP contribution < -0.4 is 11.3 Å². The average Bonchev–Trinajstić information content (AvgIpc) is 2.79. The number of nitro benzene ring substituents is 1. The Morgan fingerprint density at radius 1 is 1.48 bits per heavy atom. The highest BCUT2D eigenvalue weighted by molar-refractivity contribution is 5.61. The van der Waals surface area contributed by atoms with Crippen molar-refractivity contribution in [3.63, 3.8) is 0 Å². The fourth-order valence-electron chi connectivity index (χ4n) is 3.06. The zero-order chi connectivity index (χ0) is 15.6. The third-order valence-corrected chi connectivity index (χ3v) is 4.13. The molecule has 1 aromatic carbocycles. The Labute approximate surface area is 124 Å². The van der Waals surface area contributed by atoms with Crippen LogP contribution in [0.5, 0.6) is 0 Å². The summed E-state index contributed by atoms with van der Waals surface area (Å²) in [6, 6.07) is 5.68. The average molecular weight is 293 g/mol. The monoisotopic (exact) mass is 293 g/mol. The van der Waals surface area contributed by atoms with Crippen LogP contribution in [-0.4, -0.2) is 47.9 Å². The van der Waals surface area contributed by atoms with Crippen LogP contribution in [0, 0.1) is 16.0 Å². The number of likely N-dealkylation sites (N-methyl/N-ethyl adjacent to an activating group) is 1. The van der Waals surface area contributed by atoms with Gasteiger partial charge in [-0.05, 0) is 31.6 Å². The molecule has 116 valence electrons. The maximum atomic E-state index is 11.1. The van der Waals surface area contributed by atoms with Gasteiger partial charge < -0.3 is 10.3 Å². The third kappa shape index (κ3) is 3.49. The molecule has 1 aliphatic heterocycles. The molecule has 0 saturated carbocycles. The molecule has 2 atom stereocenters. The smallest absolute Gasteiger partial charge is 0.293 e. The van der Waals surface area contributed by atoms with E-state index in [-0.39, 0.29) is 5.69 Å². The zero-order valence-electron chi connectivity index (χ0n) is 12.7. The van der Waals surface area contributed by atoms with Crippen molar-refractivity contribution in [2.75, 3.05) is 32.6 Å². The first kappa shape index (κ1) is 15.7. The summed E-state index contributed by atoms with van der Waals surface area (Å²) in [7, 11) is 4.19. The van der Waals surface area contributed by atoms with Crippen molar-refractivity contribution in [1.29, 1.82) is 0 Å². The number of nitrogens with zero attached hydrogens (tertiary/aromatic N) is 3. The van der Waals surface area contributed by atoms with Gasteiger partial charge in [-0.25, -0.2) is 0 Å². The number of rotatable bonds is 5. The molecule has 1 aliphatic rings. The van der Waals surface area contributed by atoms with Crippen molar-refractivity contribution < 1.29 is 4.92 Å². The van der Waals surface area contributed by atoms with Gasteiger partial charge in [0.15, 0.2) is 0 Å². The standard InChI is InChI=1S/C14H23N5O2/c1-10-7-18(9-14(10)17(2)3)8-11-4-5-12(16-15)13(6-11)19(20)21/h4-6,10,14,16H,7-9,15H2,1-3H3. The molecule has 0 radical (unpaired) electrons. The molecule has 0 spiro atoms. The Bertz CT molecular complexity index is 520. The number of benzene rings is 1. The van der Waals surface area contributed by atoms with Crippen LogP contribution >= 0.6 is 0 Å². The van der Waals surface area contributed by atoms with Gasteiger partial charge in [0.2, 0.25) is 0 Å². The Kier molecular flexibility index (Phi) is 4.76. The molecule has 1 aromatic rings. The molecule has 0 aliphatic carbocycles. The molecule has 2 unspecified atom stereocenters. The van der Waals surface area contributed by atoms with Crippen molar-refractivity contribution in [3.8, 4) is 0 Å². The first-order valence-corrected chi connectivity index (χ1v) is 7.05. The Morgan fingerprint density at radius 2 is 2.19 bits per heavy atom. The van der Waals surface area contributed by atoms with Gasteiger partial charge >= 0.3 is 0 Å². The first-order chi connectivity index (χ1) is 9.92. The molecule has 3 N–H and O–H groups in total. The second-order valence-electron chi connectivity index (χ2n) is 5.96. The largest absolute Gasteiger partial charge is 0.318 e. The lowest BCUT2D eigenvalue weighted by Gasteiger charge is -2.22. The third-order valence-electron chi connectivity index (χ3n) is 4.13. The van der Waals surface area contributed by atoms with Gasteiger partial charge in [-0.1, -0.05) is 13.0 Å². The van der Waals surface area contributed by atoms with Crippen molar-refractivity contribution in [2.45, 2.75) is 19.5 Å². The molecule has 1 saturated heterocycles. The van der Waals surface area contributed by atoms with E-state index in [1.165, 1.54) is 0 Å². The highest BCUT2D eigenvalue weighted by Crippen LogP contribution is 2.27. The minimum Gasteiger partial charge on any atom is -0.318 e. The quantitative estimate of drug-likeness (QED) is 0.483. The second kappa shape index (κ2) is 6.38. The molecule has 0 amide bonds. The normalized spacial score (nSPS) is 22.7. The molecule has 21 heavy (non-hydrogen) atoms. The molecule has 0 aromatic heterocycles. The SMILES string of the molecule is CC1CN(Cc2ccc(NN)c([N+](=O)[O-])c2)CC1N(C)C. The van der Waals surface area contributed by atoms with Crippen molar-refractivity contribution in [2.24, 2.45) is 11.8 Å². The van der Waals surface area contributed by atoms with Crippen molar-refractivity contribution in [3.05, 3.63) is 33.9 Å². The van der Waals surface area contributed by atoms with Crippen LogP contribution in [0.3, 0.4) is 0 Å². The fourth-order valence-corrected chi connectivity index (χ4v) is 3.06. The summed E-state index contributed by atoms with van der Waals surface area (Å²) in [6.07, 6.45) is 0. The predicted octanol–water partition coefficient (Wildman–Crippen LogP) is 1.26. The molecule has 0 bridgehead atoms. The summed E-state index contributed by atoms with van der Waals surface area (Å²) in [4.78, 5) is 15.2. The zero-order valence-corrected chi connectivity index (χ0v) is 12.7. The molecule has 2 rings (SSSR count). The summed E-state index contributed by atoms with van der Waals surface area (Å²) < 4.78 is 0. The van der Waals surface area contributed by atoms with Crippen LogP contribution in [0.15, 0.2) is 18.2 Å². The number of nitro groups is 1. The van der Waals surface area contributed by atoms with E-state index in [0.29, 0.717) is 17.6 Å². The van der Waals surface area contributed by atoms with Gasteiger partial charge in [-0.3, -0.25) is 20.9 Å². The number of hydrogen-bond donors (Lipinski definition) is 2. The van der Waals surface area contributed by atoms with E-state index in [0.717, 1.165) is 25.2 Å². The van der Waals surface area contributed by atoms with E-state index >= 15 is 0 Å². The summed E-state index contributed by atoms with van der Waals surface area (Å²) in [5, 5.41) is 11.1. The minimum absolute atomic E-state index is 0.0198. The molecular weight excluding hydrogens is 270 g/mol. The van der Waals surface area contributed by atoms with Crippen molar-refractivity contribution >= 4 is 11.4 Å². The van der Waals surface area contributed by atoms with Crippen LogP contribution in [0.25, 0.3) is 0 Å². The lowest BCUT2D eigenvalue weighted by Crippen LogP contribution is -2.34. The van der Waals surface area contributed by atoms with E-state index in [1.54, 1.807) is 12.1 Å². The minimum atomic E-state index is -0.409. The summed E-state index contributed by atoms with van der Waals surface area (Å²) in [5.41, 5.74) is 3.66. The van der Waals surface area contributed by atoms with Gasteiger partial charge in [0.1, 0.15) is 5.69 Å². The summed E-state index contributed by atoms with van der Waals surface area (Å²) in [5.74, 6) is 5.90. The molecule has 1 heterocycles. The first-order valence-electron chi connectivity index (χ1n) is 7.05.